The first-order valence-corrected chi connectivity index (χ1v) is 11.5. The molecule has 0 aliphatic heterocycles. The van der Waals surface area contributed by atoms with Gasteiger partial charge in [0.2, 0.25) is 0 Å². The second-order valence-corrected chi connectivity index (χ2v) is 7.90. The van der Waals surface area contributed by atoms with Crippen LogP contribution in [-0.4, -0.2) is 18.5 Å². The standard InChI is InChI=1S/C25H40O4/c1-3-4-5-10-13-20-28-24(26)14-11-8-6-7-9-12-15-25(27)29-21-23-18-16-22(2)17-19-23/h16-19H,3-15,20-21H2,1-2H3. The first kappa shape index (κ1) is 25.2. The van der Waals surface area contributed by atoms with Gasteiger partial charge in [-0.1, -0.05) is 88.1 Å². The number of rotatable bonds is 17. The molecule has 1 aromatic rings. The number of hydrogen-bond acceptors (Lipinski definition) is 4. The highest BCUT2D eigenvalue weighted by molar-refractivity contribution is 5.69. The molecule has 0 aliphatic rings. The Labute approximate surface area is 177 Å². The van der Waals surface area contributed by atoms with Crippen molar-refractivity contribution >= 4 is 11.9 Å². The van der Waals surface area contributed by atoms with Crippen LogP contribution in [0, 0.1) is 6.92 Å². The number of aryl methyl sites for hydroxylation is 1. The summed E-state index contributed by atoms with van der Waals surface area (Å²) >= 11 is 0. The molecule has 0 N–H and O–H groups in total. The number of unbranched alkanes of at least 4 members (excludes halogenated alkanes) is 9. The second-order valence-electron chi connectivity index (χ2n) is 7.90. The van der Waals surface area contributed by atoms with Crippen molar-refractivity contribution in [1.29, 1.82) is 0 Å². The van der Waals surface area contributed by atoms with Crippen molar-refractivity contribution in [2.24, 2.45) is 0 Å². The van der Waals surface area contributed by atoms with Crippen molar-refractivity contribution in [3.05, 3.63) is 35.4 Å². The average Bonchev–Trinajstić information content (AvgIpc) is 2.72. The van der Waals surface area contributed by atoms with Gasteiger partial charge in [0.25, 0.3) is 0 Å². The zero-order valence-corrected chi connectivity index (χ0v) is 18.5. The van der Waals surface area contributed by atoms with Crippen LogP contribution in [0.2, 0.25) is 0 Å². The maximum Gasteiger partial charge on any atom is 0.306 e. The lowest BCUT2D eigenvalue weighted by atomic mass is 10.1. The Kier molecular flexibility index (Phi) is 14.8. The first-order valence-electron chi connectivity index (χ1n) is 11.5. The molecule has 0 unspecified atom stereocenters. The Balaban J connectivity index is 1.87. The summed E-state index contributed by atoms with van der Waals surface area (Å²) in [6.07, 6.45) is 12.9. The van der Waals surface area contributed by atoms with Gasteiger partial charge in [-0.25, -0.2) is 0 Å². The Morgan fingerprint density at radius 1 is 0.690 bits per heavy atom. The maximum atomic E-state index is 11.8. The number of esters is 2. The molecule has 0 aliphatic carbocycles. The van der Waals surface area contributed by atoms with E-state index in [0.29, 0.717) is 26.1 Å². The summed E-state index contributed by atoms with van der Waals surface area (Å²) in [6, 6.07) is 8.03. The van der Waals surface area contributed by atoms with E-state index < -0.39 is 0 Å². The number of carbonyl (C=O) groups excluding carboxylic acids is 2. The summed E-state index contributed by atoms with van der Waals surface area (Å²) in [4.78, 5) is 23.4. The smallest absolute Gasteiger partial charge is 0.306 e. The van der Waals surface area contributed by atoms with Crippen molar-refractivity contribution in [2.75, 3.05) is 6.61 Å². The first-order chi connectivity index (χ1) is 14.1. The number of carbonyl (C=O) groups is 2. The predicted molar refractivity (Wildman–Crippen MR) is 118 cm³/mol. The summed E-state index contributed by atoms with van der Waals surface area (Å²) in [5.41, 5.74) is 2.23. The molecule has 1 rings (SSSR count). The lowest BCUT2D eigenvalue weighted by Gasteiger charge is -2.06. The van der Waals surface area contributed by atoms with Crippen LogP contribution in [0.25, 0.3) is 0 Å². The highest BCUT2D eigenvalue weighted by Gasteiger charge is 2.05. The summed E-state index contributed by atoms with van der Waals surface area (Å²) in [5, 5.41) is 0. The van der Waals surface area contributed by atoms with Gasteiger partial charge in [-0.3, -0.25) is 9.59 Å². The third-order valence-corrected chi connectivity index (χ3v) is 5.04. The van der Waals surface area contributed by atoms with Crippen LogP contribution in [-0.2, 0) is 25.7 Å². The molecular formula is C25H40O4. The minimum Gasteiger partial charge on any atom is -0.466 e. The number of ether oxygens (including phenoxy) is 2. The zero-order chi connectivity index (χ0) is 21.2. The van der Waals surface area contributed by atoms with Crippen LogP contribution in [0.4, 0.5) is 0 Å². The zero-order valence-electron chi connectivity index (χ0n) is 18.5. The summed E-state index contributed by atoms with van der Waals surface area (Å²) in [5.74, 6) is -0.181. The summed E-state index contributed by atoms with van der Waals surface area (Å²) in [7, 11) is 0. The Morgan fingerprint density at radius 3 is 1.83 bits per heavy atom. The third-order valence-electron chi connectivity index (χ3n) is 5.04. The van der Waals surface area contributed by atoms with Gasteiger partial charge in [0.05, 0.1) is 6.61 Å². The van der Waals surface area contributed by atoms with Gasteiger partial charge in [0, 0.05) is 12.8 Å². The summed E-state index contributed by atoms with van der Waals surface area (Å²) < 4.78 is 10.6. The number of hydrogen-bond donors (Lipinski definition) is 0. The van der Waals surface area contributed by atoms with E-state index in [4.69, 9.17) is 9.47 Å². The van der Waals surface area contributed by atoms with Crippen molar-refractivity contribution < 1.29 is 19.1 Å². The minimum atomic E-state index is -0.122. The van der Waals surface area contributed by atoms with Gasteiger partial charge in [-0.15, -0.1) is 0 Å². The lowest BCUT2D eigenvalue weighted by molar-refractivity contribution is -0.145. The van der Waals surface area contributed by atoms with Crippen molar-refractivity contribution in [2.45, 2.75) is 104 Å². The molecule has 164 valence electrons. The molecule has 1 aromatic carbocycles. The van der Waals surface area contributed by atoms with E-state index in [1.165, 1.54) is 24.8 Å². The molecule has 0 aromatic heterocycles. The van der Waals surface area contributed by atoms with E-state index in [1.807, 2.05) is 31.2 Å². The normalized spacial score (nSPS) is 10.7. The van der Waals surface area contributed by atoms with Gasteiger partial charge >= 0.3 is 11.9 Å². The highest BCUT2D eigenvalue weighted by atomic mass is 16.5. The molecule has 4 nitrogen and oxygen atoms in total. The van der Waals surface area contributed by atoms with Gasteiger partial charge in [-0.2, -0.15) is 0 Å². The molecule has 0 spiro atoms. The van der Waals surface area contributed by atoms with Gasteiger partial charge in [0.15, 0.2) is 0 Å². The molecule has 0 bridgehead atoms. The molecule has 4 heteroatoms. The monoisotopic (exact) mass is 404 g/mol. The lowest BCUT2D eigenvalue weighted by Crippen LogP contribution is -2.05. The van der Waals surface area contributed by atoms with Crippen LogP contribution >= 0.6 is 0 Å². The van der Waals surface area contributed by atoms with E-state index >= 15 is 0 Å². The van der Waals surface area contributed by atoms with Gasteiger partial charge < -0.3 is 9.47 Å². The molecule has 0 heterocycles. The van der Waals surface area contributed by atoms with Crippen LogP contribution in [0.1, 0.15) is 102 Å². The quantitative estimate of drug-likeness (QED) is 0.215. The van der Waals surface area contributed by atoms with Gasteiger partial charge in [-0.05, 0) is 31.7 Å². The van der Waals surface area contributed by atoms with E-state index in [9.17, 15) is 9.59 Å². The highest BCUT2D eigenvalue weighted by Crippen LogP contribution is 2.11. The molecule has 0 radical (unpaired) electrons. The summed E-state index contributed by atoms with van der Waals surface area (Å²) in [6.45, 7) is 5.16. The maximum absolute atomic E-state index is 11.8. The average molecular weight is 405 g/mol. The van der Waals surface area contributed by atoms with Crippen LogP contribution in [0.3, 0.4) is 0 Å². The topological polar surface area (TPSA) is 52.6 Å². The largest absolute Gasteiger partial charge is 0.466 e. The molecular weight excluding hydrogens is 364 g/mol. The Morgan fingerprint density at radius 2 is 1.21 bits per heavy atom. The molecule has 29 heavy (non-hydrogen) atoms. The van der Waals surface area contributed by atoms with E-state index in [1.54, 1.807) is 0 Å². The van der Waals surface area contributed by atoms with Crippen molar-refractivity contribution in [3.63, 3.8) is 0 Å². The Hall–Kier alpha value is -1.84. The number of benzene rings is 1. The van der Waals surface area contributed by atoms with E-state index in [2.05, 4.69) is 6.92 Å². The van der Waals surface area contributed by atoms with E-state index in [-0.39, 0.29) is 11.9 Å². The molecule has 0 saturated heterocycles. The van der Waals surface area contributed by atoms with Crippen LogP contribution in [0.15, 0.2) is 24.3 Å². The SMILES string of the molecule is CCCCCCCOC(=O)CCCCCCCCC(=O)OCc1ccc(C)cc1. The molecule has 0 saturated carbocycles. The van der Waals surface area contributed by atoms with Crippen LogP contribution < -0.4 is 0 Å². The molecule has 0 atom stereocenters. The molecule has 0 amide bonds. The molecule has 0 fully saturated rings. The fourth-order valence-corrected chi connectivity index (χ4v) is 3.13. The fraction of sp³-hybridized carbons (Fsp3) is 0.680. The minimum absolute atomic E-state index is 0.0585. The van der Waals surface area contributed by atoms with E-state index in [0.717, 1.165) is 56.9 Å². The fourth-order valence-electron chi connectivity index (χ4n) is 3.13. The third kappa shape index (κ3) is 14.8. The van der Waals surface area contributed by atoms with Gasteiger partial charge in [0.1, 0.15) is 6.61 Å². The Bertz CT molecular complexity index is 550. The van der Waals surface area contributed by atoms with Crippen LogP contribution in [0.5, 0.6) is 0 Å². The van der Waals surface area contributed by atoms with Crippen molar-refractivity contribution in [3.8, 4) is 0 Å². The predicted octanol–water partition coefficient (Wildman–Crippen LogP) is 6.67. The van der Waals surface area contributed by atoms with Crippen molar-refractivity contribution in [1.82, 2.24) is 0 Å². The second kappa shape index (κ2) is 17.1.